The van der Waals surface area contributed by atoms with Crippen LogP contribution in [0.5, 0.6) is 5.75 Å². The summed E-state index contributed by atoms with van der Waals surface area (Å²) in [6.07, 6.45) is 0.166. The Labute approximate surface area is 181 Å². The van der Waals surface area contributed by atoms with Gasteiger partial charge in [-0.2, -0.15) is 0 Å². The van der Waals surface area contributed by atoms with E-state index in [1.807, 2.05) is 38.1 Å². The number of carbonyl (C=O) groups is 1. The molecular weight excluding hydrogens is 374 g/mol. The summed E-state index contributed by atoms with van der Waals surface area (Å²) in [4.78, 5) is 17.0. The van der Waals surface area contributed by atoms with Gasteiger partial charge in [0.2, 0.25) is 0 Å². The average molecular weight is 410 g/mol. The van der Waals surface area contributed by atoms with Crippen molar-refractivity contribution >= 4 is 17.4 Å². The summed E-state index contributed by atoms with van der Waals surface area (Å²) >= 11 is 0. The van der Waals surface area contributed by atoms with E-state index in [4.69, 9.17) is 9.73 Å². The number of phenols is 1. The topological polar surface area (TPSA) is 58.9 Å². The average Bonchev–Trinajstić information content (AvgIpc) is 2.61. The number of phenolic OH excluding ortho intramolecular Hbond substituents is 1. The van der Waals surface area contributed by atoms with Crippen LogP contribution in [0.1, 0.15) is 83.3 Å². The van der Waals surface area contributed by atoms with Crippen LogP contribution in [-0.4, -0.2) is 22.9 Å². The molecule has 1 unspecified atom stereocenters. The van der Waals surface area contributed by atoms with Crippen LogP contribution in [0.15, 0.2) is 47.5 Å². The second-order valence-corrected chi connectivity index (χ2v) is 10.0. The summed E-state index contributed by atoms with van der Waals surface area (Å²) in [7, 11) is 0. The zero-order valence-corrected chi connectivity index (χ0v) is 19.5. The molecule has 30 heavy (non-hydrogen) atoms. The molecule has 4 nitrogen and oxygen atoms in total. The van der Waals surface area contributed by atoms with Gasteiger partial charge in [0.1, 0.15) is 17.5 Å². The van der Waals surface area contributed by atoms with Crippen molar-refractivity contribution in [2.75, 3.05) is 0 Å². The van der Waals surface area contributed by atoms with Gasteiger partial charge in [-0.15, -0.1) is 0 Å². The maximum absolute atomic E-state index is 12.3. The van der Waals surface area contributed by atoms with Gasteiger partial charge in [0, 0.05) is 17.7 Å². The van der Waals surface area contributed by atoms with Crippen molar-refractivity contribution in [2.45, 2.75) is 78.7 Å². The van der Waals surface area contributed by atoms with Crippen molar-refractivity contribution in [2.24, 2.45) is 4.99 Å². The van der Waals surface area contributed by atoms with Crippen molar-refractivity contribution in [1.29, 1.82) is 0 Å². The molecule has 0 spiro atoms. The number of nitrogens with zero attached hydrogens (tertiary/aromatic N) is 1. The number of rotatable bonds is 5. The SMILES string of the molecule is CC(CC(C)OC(=O)c1ccccc1)=Nc1cc(C(C)(C)C)cc(C(C)(C)C)c1O. The van der Waals surface area contributed by atoms with Crippen LogP contribution in [0.4, 0.5) is 5.69 Å². The highest BCUT2D eigenvalue weighted by Crippen LogP contribution is 2.41. The molecule has 0 heterocycles. The number of benzene rings is 2. The molecular formula is C26H35NO3. The fourth-order valence-electron chi connectivity index (χ4n) is 3.24. The van der Waals surface area contributed by atoms with E-state index < -0.39 is 0 Å². The molecule has 1 atom stereocenters. The highest BCUT2D eigenvalue weighted by molar-refractivity contribution is 5.90. The van der Waals surface area contributed by atoms with Crippen molar-refractivity contribution in [3.8, 4) is 5.75 Å². The van der Waals surface area contributed by atoms with Gasteiger partial charge in [0.15, 0.2) is 0 Å². The molecule has 2 aromatic carbocycles. The Bertz CT molecular complexity index is 916. The number of ether oxygens (including phenoxy) is 1. The third-order valence-electron chi connectivity index (χ3n) is 4.98. The Morgan fingerprint density at radius 1 is 1.03 bits per heavy atom. The number of hydrogen-bond acceptors (Lipinski definition) is 4. The predicted octanol–water partition coefficient (Wildman–Crippen LogP) is 6.72. The molecule has 0 bridgehead atoms. The van der Waals surface area contributed by atoms with Crippen molar-refractivity contribution < 1.29 is 14.6 Å². The van der Waals surface area contributed by atoms with Crippen molar-refractivity contribution in [3.63, 3.8) is 0 Å². The van der Waals surface area contributed by atoms with Crippen LogP contribution in [0.25, 0.3) is 0 Å². The quantitative estimate of drug-likeness (QED) is 0.441. The van der Waals surface area contributed by atoms with E-state index in [2.05, 4.69) is 47.6 Å². The highest BCUT2D eigenvalue weighted by atomic mass is 16.5. The van der Waals surface area contributed by atoms with Crippen LogP contribution in [0.3, 0.4) is 0 Å². The third-order valence-corrected chi connectivity index (χ3v) is 4.98. The third kappa shape index (κ3) is 6.19. The smallest absolute Gasteiger partial charge is 0.338 e. The molecule has 0 radical (unpaired) electrons. The molecule has 1 N–H and O–H groups in total. The van der Waals surface area contributed by atoms with Gasteiger partial charge in [0.05, 0.1) is 5.56 Å². The molecule has 0 aromatic heterocycles. The first-order valence-electron chi connectivity index (χ1n) is 10.5. The van der Waals surface area contributed by atoms with E-state index in [0.717, 1.165) is 16.8 Å². The fourth-order valence-corrected chi connectivity index (χ4v) is 3.24. The highest BCUT2D eigenvalue weighted by Gasteiger charge is 2.25. The monoisotopic (exact) mass is 409 g/mol. The summed E-state index contributed by atoms with van der Waals surface area (Å²) < 4.78 is 5.55. The van der Waals surface area contributed by atoms with Gasteiger partial charge < -0.3 is 9.84 Å². The zero-order chi connectivity index (χ0) is 22.7. The van der Waals surface area contributed by atoms with Crippen LogP contribution in [0.2, 0.25) is 0 Å². The molecule has 2 aromatic rings. The first-order valence-corrected chi connectivity index (χ1v) is 10.5. The van der Waals surface area contributed by atoms with Gasteiger partial charge in [-0.1, -0.05) is 65.8 Å². The second-order valence-electron chi connectivity index (χ2n) is 10.0. The second kappa shape index (κ2) is 9.03. The van der Waals surface area contributed by atoms with Gasteiger partial charge >= 0.3 is 5.97 Å². The molecule has 0 aliphatic heterocycles. The molecule has 0 aliphatic carbocycles. The van der Waals surface area contributed by atoms with E-state index in [0.29, 0.717) is 17.7 Å². The fraction of sp³-hybridized carbons (Fsp3) is 0.462. The summed E-state index contributed by atoms with van der Waals surface area (Å²) in [6, 6.07) is 13.0. The molecule has 4 heteroatoms. The first kappa shape index (κ1) is 23.7. The summed E-state index contributed by atoms with van der Waals surface area (Å²) in [5, 5.41) is 10.9. The van der Waals surface area contributed by atoms with Crippen LogP contribution < -0.4 is 0 Å². The number of esters is 1. The summed E-state index contributed by atoms with van der Waals surface area (Å²) in [6.45, 7) is 16.4. The van der Waals surface area contributed by atoms with Crippen molar-refractivity contribution in [3.05, 3.63) is 59.2 Å². The molecule has 162 valence electrons. The minimum absolute atomic E-state index is 0.0651. The molecule has 0 saturated heterocycles. The van der Waals surface area contributed by atoms with E-state index >= 15 is 0 Å². The molecule has 2 rings (SSSR count). The number of carbonyl (C=O) groups excluding carboxylic acids is 1. The molecule has 0 fully saturated rings. The first-order chi connectivity index (χ1) is 13.8. The summed E-state index contributed by atoms with van der Waals surface area (Å²) in [5.74, 6) is -0.132. The van der Waals surface area contributed by atoms with Crippen LogP contribution in [0, 0.1) is 0 Å². The van der Waals surface area contributed by atoms with Crippen LogP contribution in [-0.2, 0) is 15.6 Å². The van der Waals surface area contributed by atoms with E-state index in [1.54, 1.807) is 12.1 Å². The number of aromatic hydroxyl groups is 1. The number of hydrogen-bond donors (Lipinski definition) is 1. The van der Waals surface area contributed by atoms with E-state index in [-0.39, 0.29) is 28.7 Å². The normalized spacial score (nSPS) is 13.8. The lowest BCUT2D eigenvalue weighted by atomic mass is 9.80. The van der Waals surface area contributed by atoms with Crippen molar-refractivity contribution in [1.82, 2.24) is 0 Å². The lowest BCUT2D eigenvalue weighted by molar-refractivity contribution is 0.0356. The molecule has 0 saturated carbocycles. The van der Waals surface area contributed by atoms with Gasteiger partial charge in [-0.05, 0) is 48.4 Å². The molecule has 0 aliphatic rings. The number of aliphatic imine (C=N–C) groups is 1. The maximum atomic E-state index is 12.3. The van der Waals surface area contributed by atoms with Crippen LogP contribution >= 0.6 is 0 Å². The Balaban J connectivity index is 2.27. The molecule has 0 amide bonds. The summed E-state index contributed by atoms with van der Waals surface area (Å²) in [5.41, 5.74) is 3.62. The van der Waals surface area contributed by atoms with E-state index in [9.17, 15) is 9.90 Å². The minimum atomic E-state index is -0.344. The Morgan fingerprint density at radius 2 is 1.63 bits per heavy atom. The Morgan fingerprint density at radius 3 is 2.17 bits per heavy atom. The Kier molecular flexibility index (Phi) is 7.12. The Hall–Kier alpha value is -2.62. The zero-order valence-electron chi connectivity index (χ0n) is 19.5. The maximum Gasteiger partial charge on any atom is 0.338 e. The van der Waals surface area contributed by atoms with Gasteiger partial charge in [-0.3, -0.25) is 4.99 Å². The van der Waals surface area contributed by atoms with E-state index in [1.165, 1.54) is 0 Å². The lowest BCUT2D eigenvalue weighted by Crippen LogP contribution is -2.18. The predicted molar refractivity (Wildman–Crippen MR) is 124 cm³/mol. The van der Waals surface area contributed by atoms with Gasteiger partial charge in [-0.25, -0.2) is 4.79 Å². The lowest BCUT2D eigenvalue weighted by Gasteiger charge is -2.27. The minimum Gasteiger partial charge on any atom is -0.505 e. The standard InChI is InChI=1S/C26H35NO3/c1-17(14-18(2)30-24(29)19-12-10-9-11-13-19)27-22-16-20(25(3,4)5)15-21(23(22)28)26(6,7)8/h9-13,15-16,18,28H,14H2,1-8H3. The largest absolute Gasteiger partial charge is 0.505 e. The van der Waals surface area contributed by atoms with Gasteiger partial charge in [0.25, 0.3) is 0 Å².